The van der Waals surface area contributed by atoms with Crippen molar-refractivity contribution in [3.63, 3.8) is 0 Å². The number of esters is 2. The van der Waals surface area contributed by atoms with Gasteiger partial charge in [0.1, 0.15) is 0 Å². The number of carbonyl (C=O) groups is 2. The van der Waals surface area contributed by atoms with Gasteiger partial charge in [-0.3, -0.25) is 0 Å². The lowest BCUT2D eigenvalue weighted by molar-refractivity contribution is -0.246. The topological polar surface area (TPSA) is 52.6 Å². The quantitative estimate of drug-likeness (QED) is 0.204. The van der Waals surface area contributed by atoms with Crippen molar-refractivity contribution in [1.82, 2.24) is 0 Å². The summed E-state index contributed by atoms with van der Waals surface area (Å²) in [6, 6.07) is 25.3. The van der Waals surface area contributed by atoms with Gasteiger partial charge in [0.25, 0.3) is 0 Å². The van der Waals surface area contributed by atoms with E-state index >= 15 is 0 Å². The molecule has 0 spiro atoms. The van der Waals surface area contributed by atoms with Crippen LogP contribution >= 0.6 is 0 Å². The van der Waals surface area contributed by atoms with Crippen LogP contribution in [0.2, 0.25) is 0 Å². The number of hydrogen-bond acceptors (Lipinski definition) is 4. The van der Waals surface area contributed by atoms with Gasteiger partial charge in [-0.25, -0.2) is 9.59 Å². The Morgan fingerprint density at radius 2 is 0.867 bits per heavy atom. The highest BCUT2D eigenvalue weighted by atomic mass is 127. The smallest absolute Gasteiger partial charge is 0.342 e. The first-order valence-electron chi connectivity index (χ1n) is 8.89. The Morgan fingerprint density at radius 1 is 0.533 bits per heavy atom. The molecule has 3 rings (SSSR count). The average Bonchev–Trinajstić information content (AvgIpc) is 2.81. The van der Waals surface area contributed by atoms with E-state index in [1.165, 1.54) is 12.5 Å². The first-order valence-corrected chi connectivity index (χ1v) is 11.0. The zero-order chi connectivity index (χ0) is 21.3. The van der Waals surface area contributed by atoms with Crippen molar-refractivity contribution in [2.24, 2.45) is 0 Å². The van der Waals surface area contributed by atoms with Gasteiger partial charge in [0.05, 0.1) is 23.7 Å². The lowest BCUT2D eigenvalue weighted by atomic mass is 10.1. The molecule has 0 unspecified atom stereocenters. The van der Waals surface area contributed by atoms with Crippen LogP contribution in [0, 0.1) is 0 Å². The molecular weight excluding hydrogens is 606 g/mol. The molecule has 0 aliphatic heterocycles. The molecular formula is C24H16I2O4-2. The molecule has 0 heterocycles. The second kappa shape index (κ2) is 11.1. The van der Waals surface area contributed by atoms with Crippen molar-refractivity contribution >= 4 is 19.1 Å². The third kappa shape index (κ3) is 6.27. The molecule has 30 heavy (non-hydrogen) atoms. The predicted molar refractivity (Wildman–Crippen MR) is 106 cm³/mol. The van der Waals surface area contributed by atoms with Gasteiger partial charge >= 0.3 is 11.9 Å². The Morgan fingerprint density at radius 3 is 1.20 bits per heavy atom. The highest BCUT2D eigenvalue weighted by Gasteiger charge is 2.04. The minimum Gasteiger partial charge on any atom is -0.755 e. The number of benzene rings is 3. The molecule has 3 aromatic rings. The number of carbonyl (C=O) groups excluding carboxylic acids is 2. The zero-order valence-electron chi connectivity index (χ0n) is 15.6. The molecule has 0 saturated heterocycles. The molecule has 152 valence electrons. The fourth-order valence-electron chi connectivity index (χ4n) is 2.42. The summed E-state index contributed by atoms with van der Waals surface area (Å²) in [5, 5.41) is 0. The van der Waals surface area contributed by atoms with Gasteiger partial charge < -0.3 is 54.7 Å². The highest BCUT2D eigenvalue weighted by molar-refractivity contribution is 5.90. The van der Waals surface area contributed by atoms with E-state index in [0.717, 1.165) is 18.3 Å². The Kier molecular flexibility index (Phi) is 8.21. The van der Waals surface area contributed by atoms with Crippen LogP contribution in [0.15, 0.2) is 97.5 Å². The van der Waals surface area contributed by atoms with E-state index in [0.29, 0.717) is 11.1 Å². The molecule has 3 aromatic carbocycles. The third-order valence-corrected chi connectivity index (χ3v) is 5.75. The third-order valence-electron chi connectivity index (χ3n) is 3.99. The Labute approximate surface area is 201 Å². The van der Waals surface area contributed by atoms with Crippen molar-refractivity contribution in [1.29, 1.82) is 0 Å². The van der Waals surface area contributed by atoms with Crippen molar-refractivity contribution < 1.29 is 64.2 Å². The number of hydrogen-bond donors (Lipinski definition) is 0. The van der Waals surface area contributed by atoms with Crippen LogP contribution in [0.1, 0.15) is 31.8 Å². The maximum absolute atomic E-state index is 12.0. The first kappa shape index (κ1) is 22.2. The summed E-state index contributed by atoms with van der Waals surface area (Å²) < 4.78 is 12.1. The molecule has 0 aliphatic carbocycles. The van der Waals surface area contributed by atoms with Gasteiger partial charge in [-0.2, -0.15) is 0 Å². The standard InChI is InChI=1S/C24H16I2O4/c25-21(15-29-23(27)19-7-3-1-4-8-19)17-11-13-18(14-12-17)22(26)16-30-24(28)20-9-5-2-6-10-20/h1-16H/q-2/b21-15-,22-16-. The monoisotopic (exact) mass is 622 g/mol. The minimum atomic E-state index is -0.404. The predicted octanol–water partition coefficient (Wildman–Crippen LogP) is -0.896. The van der Waals surface area contributed by atoms with E-state index in [2.05, 4.69) is 45.2 Å². The van der Waals surface area contributed by atoms with E-state index in [4.69, 9.17) is 9.47 Å². The fourth-order valence-corrected chi connectivity index (χ4v) is 3.39. The van der Waals surface area contributed by atoms with Crippen LogP contribution in [0.5, 0.6) is 0 Å². The SMILES string of the molecule is O=C(O/C=C(\[I-])c1ccc(/C([I-])=C/OC(=O)c2ccccc2)cc1)c1ccccc1. The Bertz CT molecular complexity index is 985. The van der Waals surface area contributed by atoms with Crippen molar-refractivity contribution in [3.8, 4) is 0 Å². The summed E-state index contributed by atoms with van der Waals surface area (Å²) in [5.74, 6) is -0.807. The van der Waals surface area contributed by atoms with Crippen LogP contribution in [0.4, 0.5) is 0 Å². The lowest BCUT2D eigenvalue weighted by Crippen LogP contribution is -3.32. The highest BCUT2D eigenvalue weighted by Crippen LogP contribution is 2.13. The van der Waals surface area contributed by atoms with E-state index in [1.54, 1.807) is 48.5 Å². The maximum Gasteiger partial charge on any atom is 0.342 e. The second-order valence-corrected chi connectivity index (χ2v) is 8.38. The van der Waals surface area contributed by atoms with Crippen LogP contribution in [0.3, 0.4) is 0 Å². The number of rotatable bonds is 6. The first-order chi connectivity index (χ1) is 14.5. The number of halogens is 2. The average molecular weight is 622 g/mol. The van der Waals surface area contributed by atoms with Gasteiger partial charge in [-0.05, 0) is 35.4 Å². The lowest BCUT2D eigenvalue weighted by Gasteiger charge is -2.16. The molecule has 0 fully saturated rings. The molecule has 0 amide bonds. The summed E-state index contributed by atoms with van der Waals surface area (Å²) in [4.78, 5) is 24.1. The summed E-state index contributed by atoms with van der Waals surface area (Å²) in [7, 11) is 0. The molecule has 0 aliphatic rings. The molecule has 0 atom stereocenters. The molecule has 0 aromatic heterocycles. The van der Waals surface area contributed by atoms with Gasteiger partial charge in [-0.15, -0.1) is 7.16 Å². The summed E-state index contributed by atoms with van der Waals surface area (Å²) in [5.41, 5.74) is 2.81. The second-order valence-electron chi connectivity index (χ2n) is 6.05. The Hall–Kier alpha value is -2.46. The fraction of sp³-hybridized carbons (Fsp3) is 0. The van der Waals surface area contributed by atoms with Crippen LogP contribution < -0.4 is 45.2 Å². The zero-order valence-corrected chi connectivity index (χ0v) is 19.9. The summed E-state index contributed by atoms with van der Waals surface area (Å²) in [6.45, 7) is 0. The maximum atomic E-state index is 12.0. The van der Waals surface area contributed by atoms with Gasteiger partial charge in [0.2, 0.25) is 0 Å². The van der Waals surface area contributed by atoms with E-state index in [1.807, 2.05) is 36.4 Å². The van der Waals surface area contributed by atoms with Crippen molar-refractivity contribution in [3.05, 3.63) is 120 Å². The van der Waals surface area contributed by atoms with Gasteiger partial charge in [0, 0.05) is 0 Å². The normalized spacial score (nSPS) is 11.7. The molecule has 0 saturated carbocycles. The Balaban J connectivity index is 1.62. The van der Waals surface area contributed by atoms with E-state index < -0.39 is 11.9 Å². The molecule has 0 bridgehead atoms. The van der Waals surface area contributed by atoms with Crippen molar-refractivity contribution in [2.45, 2.75) is 0 Å². The molecule has 4 nitrogen and oxygen atoms in total. The summed E-state index contributed by atoms with van der Waals surface area (Å²) in [6.07, 6.45) is 2.88. The van der Waals surface area contributed by atoms with Crippen molar-refractivity contribution in [2.75, 3.05) is 0 Å². The number of ether oxygens (including phenoxy) is 2. The molecule has 2 radical (unpaired) electrons. The summed E-state index contributed by atoms with van der Waals surface area (Å²) >= 11 is 4.24. The van der Waals surface area contributed by atoms with E-state index in [-0.39, 0.29) is 0 Å². The van der Waals surface area contributed by atoms with Crippen LogP contribution in [0.25, 0.3) is 7.16 Å². The van der Waals surface area contributed by atoms with Crippen LogP contribution in [-0.4, -0.2) is 11.9 Å². The van der Waals surface area contributed by atoms with Gasteiger partial charge in [0.15, 0.2) is 0 Å². The molecule has 6 heteroatoms. The van der Waals surface area contributed by atoms with Crippen LogP contribution in [-0.2, 0) is 9.47 Å². The van der Waals surface area contributed by atoms with E-state index in [9.17, 15) is 9.59 Å². The largest absolute Gasteiger partial charge is 0.755 e. The molecule has 0 N–H and O–H groups in total. The minimum absolute atomic E-state index is 0.404. The van der Waals surface area contributed by atoms with Gasteiger partial charge in [-0.1, -0.05) is 60.7 Å².